The van der Waals surface area contributed by atoms with Crippen LogP contribution in [0.15, 0.2) is 24.3 Å². The third-order valence-corrected chi connectivity index (χ3v) is 6.02. The Bertz CT molecular complexity index is 392. The predicted octanol–water partition coefficient (Wildman–Crippen LogP) is 5.13. The molecule has 20 heavy (non-hydrogen) atoms. The molecule has 1 N–H and O–H groups in total. The van der Waals surface area contributed by atoms with E-state index in [4.69, 9.17) is 11.6 Å². The van der Waals surface area contributed by atoms with Crippen LogP contribution in [0.4, 0.5) is 0 Å². The van der Waals surface area contributed by atoms with Gasteiger partial charge in [-0.1, -0.05) is 44.0 Å². The van der Waals surface area contributed by atoms with Crippen molar-refractivity contribution in [2.45, 2.75) is 56.6 Å². The highest BCUT2D eigenvalue weighted by Crippen LogP contribution is 2.35. The van der Waals surface area contributed by atoms with Crippen molar-refractivity contribution >= 4 is 23.4 Å². The summed E-state index contributed by atoms with van der Waals surface area (Å²) >= 11 is 8.06. The summed E-state index contributed by atoms with van der Waals surface area (Å²) in [5, 5.41) is 5.26. The zero-order valence-corrected chi connectivity index (χ0v) is 14.1. The normalized spacial score (nSPS) is 26.6. The zero-order chi connectivity index (χ0) is 14.4. The van der Waals surface area contributed by atoms with Gasteiger partial charge in [0.15, 0.2) is 0 Å². The van der Waals surface area contributed by atoms with E-state index in [9.17, 15) is 0 Å². The summed E-state index contributed by atoms with van der Waals surface area (Å²) in [6.07, 6.45) is 5.43. The summed E-state index contributed by atoms with van der Waals surface area (Å²) in [4.78, 5) is 0. The van der Waals surface area contributed by atoms with Crippen molar-refractivity contribution in [3.05, 3.63) is 34.9 Å². The molecule has 0 amide bonds. The van der Waals surface area contributed by atoms with Gasteiger partial charge in [-0.3, -0.25) is 0 Å². The smallest absolute Gasteiger partial charge is 0.0406 e. The van der Waals surface area contributed by atoms with Crippen LogP contribution in [0.25, 0.3) is 0 Å². The molecule has 3 atom stereocenters. The van der Waals surface area contributed by atoms with Gasteiger partial charge in [0, 0.05) is 22.1 Å². The highest BCUT2D eigenvalue weighted by atomic mass is 35.5. The summed E-state index contributed by atoms with van der Waals surface area (Å²) in [7, 11) is 0. The van der Waals surface area contributed by atoms with Crippen LogP contribution in [0.1, 0.15) is 45.1 Å². The number of hydrogen-bond acceptors (Lipinski definition) is 2. The van der Waals surface area contributed by atoms with Crippen LogP contribution in [0.3, 0.4) is 0 Å². The molecule has 0 saturated heterocycles. The minimum atomic E-state index is 0.695. The number of nitrogens with one attached hydrogen (secondary N) is 1. The van der Waals surface area contributed by atoms with E-state index in [0.717, 1.165) is 28.5 Å². The minimum absolute atomic E-state index is 0.695. The first-order valence-electron chi connectivity index (χ1n) is 7.82. The van der Waals surface area contributed by atoms with E-state index in [1.165, 1.54) is 31.2 Å². The molecule has 1 nitrogen and oxygen atoms in total. The van der Waals surface area contributed by atoms with E-state index >= 15 is 0 Å². The lowest BCUT2D eigenvalue weighted by Gasteiger charge is -2.36. The van der Waals surface area contributed by atoms with Gasteiger partial charge in [0.05, 0.1) is 0 Å². The SMILES string of the molecule is CCNC1CCC(CC)CC1SCc1ccc(Cl)cc1. The molecule has 1 aliphatic rings. The third kappa shape index (κ3) is 4.68. The monoisotopic (exact) mass is 311 g/mol. The van der Waals surface area contributed by atoms with Crippen molar-refractivity contribution in [3.8, 4) is 0 Å². The van der Waals surface area contributed by atoms with Crippen molar-refractivity contribution in [1.29, 1.82) is 0 Å². The minimum Gasteiger partial charge on any atom is -0.313 e. The maximum atomic E-state index is 5.95. The standard InChI is InChI=1S/C17H26ClNS/c1-3-13-7-10-16(19-4-2)17(11-13)20-12-14-5-8-15(18)9-6-14/h5-6,8-9,13,16-17,19H,3-4,7,10-12H2,1-2H3. The van der Waals surface area contributed by atoms with E-state index in [-0.39, 0.29) is 0 Å². The second-order valence-corrected chi connectivity index (χ2v) is 7.39. The fourth-order valence-corrected chi connectivity index (χ4v) is 4.64. The molecule has 3 unspecified atom stereocenters. The fraction of sp³-hybridized carbons (Fsp3) is 0.647. The third-order valence-electron chi connectivity index (χ3n) is 4.32. The number of benzene rings is 1. The van der Waals surface area contributed by atoms with E-state index in [1.807, 2.05) is 12.1 Å². The Labute approximate surface area is 132 Å². The van der Waals surface area contributed by atoms with Gasteiger partial charge in [0.1, 0.15) is 0 Å². The number of thioether (sulfide) groups is 1. The first-order chi connectivity index (χ1) is 9.72. The van der Waals surface area contributed by atoms with Gasteiger partial charge >= 0.3 is 0 Å². The predicted molar refractivity (Wildman–Crippen MR) is 91.6 cm³/mol. The van der Waals surface area contributed by atoms with Crippen LogP contribution in [0.5, 0.6) is 0 Å². The molecule has 0 bridgehead atoms. The van der Waals surface area contributed by atoms with Gasteiger partial charge in [-0.2, -0.15) is 11.8 Å². The van der Waals surface area contributed by atoms with Crippen LogP contribution in [0.2, 0.25) is 5.02 Å². The van der Waals surface area contributed by atoms with Gasteiger partial charge in [-0.15, -0.1) is 0 Å². The van der Waals surface area contributed by atoms with Crippen LogP contribution >= 0.6 is 23.4 Å². The lowest BCUT2D eigenvalue weighted by Crippen LogP contribution is -2.42. The van der Waals surface area contributed by atoms with Crippen molar-refractivity contribution in [3.63, 3.8) is 0 Å². The summed E-state index contributed by atoms with van der Waals surface area (Å²) in [6.45, 7) is 5.63. The van der Waals surface area contributed by atoms with E-state index < -0.39 is 0 Å². The van der Waals surface area contributed by atoms with Crippen molar-refractivity contribution < 1.29 is 0 Å². The topological polar surface area (TPSA) is 12.0 Å². The summed E-state index contributed by atoms with van der Waals surface area (Å²) in [6, 6.07) is 8.99. The van der Waals surface area contributed by atoms with Crippen LogP contribution < -0.4 is 5.32 Å². The molecule has 1 aromatic carbocycles. The lowest BCUT2D eigenvalue weighted by molar-refractivity contribution is 0.298. The van der Waals surface area contributed by atoms with Gasteiger partial charge < -0.3 is 5.32 Å². The first kappa shape index (κ1) is 16.2. The number of hydrogen-bond donors (Lipinski definition) is 1. The van der Waals surface area contributed by atoms with E-state index in [2.05, 4.69) is 43.1 Å². The highest BCUT2D eigenvalue weighted by Gasteiger charge is 2.29. The van der Waals surface area contributed by atoms with Crippen LogP contribution in [-0.2, 0) is 5.75 Å². The second-order valence-electron chi connectivity index (χ2n) is 5.73. The summed E-state index contributed by atoms with van der Waals surface area (Å²) < 4.78 is 0. The van der Waals surface area contributed by atoms with Gasteiger partial charge in [-0.25, -0.2) is 0 Å². The Morgan fingerprint density at radius 2 is 1.95 bits per heavy atom. The molecule has 0 aromatic heterocycles. The summed E-state index contributed by atoms with van der Waals surface area (Å²) in [5.74, 6) is 2.02. The van der Waals surface area contributed by atoms with E-state index in [0.29, 0.717) is 6.04 Å². The average molecular weight is 312 g/mol. The fourth-order valence-electron chi connectivity index (χ4n) is 3.05. The first-order valence-corrected chi connectivity index (χ1v) is 9.25. The van der Waals surface area contributed by atoms with Crippen molar-refractivity contribution in [1.82, 2.24) is 5.32 Å². The van der Waals surface area contributed by atoms with Crippen LogP contribution in [0, 0.1) is 5.92 Å². The van der Waals surface area contributed by atoms with Crippen LogP contribution in [-0.4, -0.2) is 17.8 Å². The Balaban J connectivity index is 1.91. The Kier molecular flexibility index (Phi) is 6.73. The molecule has 0 radical (unpaired) electrons. The molecule has 112 valence electrons. The molecule has 0 heterocycles. The molecular weight excluding hydrogens is 286 g/mol. The molecule has 1 saturated carbocycles. The molecule has 0 spiro atoms. The molecule has 3 heteroatoms. The van der Waals surface area contributed by atoms with Crippen molar-refractivity contribution in [2.24, 2.45) is 5.92 Å². The molecule has 1 aliphatic carbocycles. The molecule has 0 aliphatic heterocycles. The zero-order valence-electron chi connectivity index (χ0n) is 12.6. The Morgan fingerprint density at radius 3 is 2.60 bits per heavy atom. The summed E-state index contributed by atoms with van der Waals surface area (Å²) in [5.41, 5.74) is 1.38. The van der Waals surface area contributed by atoms with Crippen molar-refractivity contribution in [2.75, 3.05) is 6.54 Å². The van der Waals surface area contributed by atoms with E-state index in [1.54, 1.807) is 0 Å². The largest absolute Gasteiger partial charge is 0.313 e. The molecule has 2 rings (SSSR count). The van der Waals surface area contributed by atoms with Gasteiger partial charge in [-0.05, 0) is 49.4 Å². The molecule has 1 fully saturated rings. The number of halogens is 1. The second kappa shape index (κ2) is 8.31. The maximum absolute atomic E-state index is 5.95. The highest BCUT2D eigenvalue weighted by molar-refractivity contribution is 7.99. The maximum Gasteiger partial charge on any atom is 0.0406 e. The average Bonchev–Trinajstić information content (AvgIpc) is 2.48. The Hall–Kier alpha value is -0.180. The van der Waals surface area contributed by atoms with Gasteiger partial charge in [0.25, 0.3) is 0 Å². The molecular formula is C17H26ClNS. The quantitative estimate of drug-likeness (QED) is 0.781. The Morgan fingerprint density at radius 1 is 1.20 bits per heavy atom. The lowest BCUT2D eigenvalue weighted by atomic mass is 9.84. The number of rotatable bonds is 6. The van der Waals surface area contributed by atoms with Gasteiger partial charge in [0.2, 0.25) is 0 Å². The molecule has 1 aromatic rings.